The summed E-state index contributed by atoms with van der Waals surface area (Å²) in [7, 11) is 0. The van der Waals surface area contributed by atoms with Gasteiger partial charge in [-0.25, -0.2) is 0 Å². The Hall–Kier alpha value is 0.390. The van der Waals surface area contributed by atoms with E-state index in [4.69, 9.17) is 5.73 Å². The number of hydrogen-bond acceptors (Lipinski definition) is 2. The molecular weight excluding hydrogens is 269 g/mol. The molecule has 1 aliphatic rings. The van der Waals surface area contributed by atoms with Gasteiger partial charge in [0.2, 0.25) is 0 Å². The molecule has 0 saturated heterocycles. The second kappa shape index (κ2) is 3.03. The number of aryl methyl sites for hydroxylation is 1. The molecule has 1 atom stereocenters. The molecule has 0 fully saturated rings. The van der Waals surface area contributed by atoms with E-state index in [0.717, 1.165) is 0 Å². The number of rotatable bonds is 0. The highest BCUT2D eigenvalue weighted by atomic mass is 127. The summed E-state index contributed by atoms with van der Waals surface area (Å²) in [6, 6.07) is 2.56. The Morgan fingerprint density at radius 2 is 2.45 bits per heavy atom. The first kappa shape index (κ1) is 8.01. The summed E-state index contributed by atoms with van der Waals surface area (Å²) in [4.78, 5) is 1.52. The molecule has 0 amide bonds. The van der Waals surface area contributed by atoms with Crippen LogP contribution in [0.4, 0.5) is 0 Å². The van der Waals surface area contributed by atoms with Crippen LogP contribution >= 0.6 is 33.9 Å². The van der Waals surface area contributed by atoms with E-state index >= 15 is 0 Å². The van der Waals surface area contributed by atoms with E-state index in [1.807, 2.05) is 11.3 Å². The zero-order chi connectivity index (χ0) is 7.84. The molecule has 0 spiro atoms. The standard InChI is InChI=1S/C8H10INS/c9-8-4-5-6(10)2-1-3-7(5)11-8/h4,6H,1-3,10H2. The number of hydrogen-bond donors (Lipinski definition) is 1. The van der Waals surface area contributed by atoms with Crippen molar-refractivity contribution in [2.75, 3.05) is 0 Å². The van der Waals surface area contributed by atoms with Crippen molar-refractivity contribution in [1.82, 2.24) is 0 Å². The van der Waals surface area contributed by atoms with Gasteiger partial charge in [-0.2, -0.15) is 0 Å². The van der Waals surface area contributed by atoms with Crippen molar-refractivity contribution < 1.29 is 0 Å². The lowest BCUT2D eigenvalue weighted by Crippen LogP contribution is -2.14. The molecule has 0 saturated carbocycles. The lowest BCUT2D eigenvalue weighted by molar-refractivity contribution is 0.578. The average molecular weight is 279 g/mol. The lowest BCUT2D eigenvalue weighted by atomic mass is 9.95. The Balaban J connectivity index is 2.43. The number of halogens is 1. The van der Waals surface area contributed by atoms with E-state index in [0.29, 0.717) is 6.04 Å². The fraction of sp³-hybridized carbons (Fsp3) is 0.500. The van der Waals surface area contributed by atoms with Gasteiger partial charge in [0.25, 0.3) is 0 Å². The van der Waals surface area contributed by atoms with Crippen molar-refractivity contribution in [3.05, 3.63) is 19.4 Å². The van der Waals surface area contributed by atoms with E-state index in [9.17, 15) is 0 Å². The fourth-order valence-corrected chi connectivity index (χ4v) is 3.68. The molecule has 1 nitrogen and oxygen atoms in total. The van der Waals surface area contributed by atoms with Gasteiger partial charge in [-0.3, -0.25) is 0 Å². The molecule has 0 aliphatic heterocycles. The Morgan fingerprint density at radius 1 is 1.64 bits per heavy atom. The van der Waals surface area contributed by atoms with Gasteiger partial charge < -0.3 is 5.73 Å². The zero-order valence-corrected chi connectivity index (χ0v) is 9.11. The maximum atomic E-state index is 5.96. The highest BCUT2D eigenvalue weighted by molar-refractivity contribution is 14.1. The molecule has 2 N–H and O–H groups in total. The summed E-state index contributed by atoms with van der Waals surface area (Å²) < 4.78 is 1.38. The molecule has 1 aromatic rings. The fourth-order valence-electron chi connectivity index (χ4n) is 1.56. The number of fused-ring (bicyclic) bond motifs is 1. The highest BCUT2D eigenvalue weighted by Crippen LogP contribution is 2.34. The Bertz CT molecular complexity index is 269. The summed E-state index contributed by atoms with van der Waals surface area (Å²) in [6.07, 6.45) is 3.68. The van der Waals surface area contributed by atoms with Gasteiger partial charge in [0.05, 0.1) is 2.88 Å². The van der Waals surface area contributed by atoms with Gasteiger partial charge in [-0.05, 0) is 53.5 Å². The van der Waals surface area contributed by atoms with Crippen LogP contribution < -0.4 is 5.73 Å². The van der Waals surface area contributed by atoms with Crippen molar-refractivity contribution >= 4 is 33.9 Å². The van der Waals surface area contributed by atoms with E-state index in [1.54, 1.807) is 0 Å². The zero-order valence-electron chi connectivity index (χ0n) is 6.14. The molecule has 1 aromatic heterocycles. The first-order valence-electron chi connectivity index (χ1n) is 3.81. The molecule has 1 unspecified atom stereocenters. The van der Waals surface area contributed by atoms with Crippen molar-refractivity contribution in [1.29, 1.82) is 0 Å². The molecule has 0 radical (unpaired) electrons. The largest absolute Gasteiger partial charge is 0.324 e. The van der Waals surface area contributed by atoms with Crippen molar-refractivity contribution in [3.63, 3.8) is 0 Å². The van der Waals surface area contributed by atoms with Crippen LogP contribution in [0.2, 0.25) is 0 Å². The first-order chi connectivity index (χ1) is 5.27. The highest BCUT2D eigenvalue weighted by Gasteiger charge is 2.18. The van der Waals surface area contributed by atoms with E-state index in [-0.39, 0.29) is 0 Å². The maximum absolute atomic E-state index is 5.96. The average Bonchev–Trinajstić information content (AvgIpc) is 2.31. The summed E-state index contributed by atoms with van der Waals surface area (Å²) in [6.45, 7) is 0. The lowest BCUT2D eigenvalue weighted by Gasteiger charge is -2.17. The molecule has 0 bridgehead atoms. The van der Waals surface area contributed by atoms with E-state index < -0.39 is 0 Å². The monoisotopic (exact) mass is 279 g/mol. The molecule has 0 aromatic carbocycles. The van der Waals surface area contributed by atoms with Crippen molar-refractivity contribution in [2.24, 2.45) is 5.73 Å². The van der Waals surface area contributed by atoms with Gasteiger partial charge in [-0.1, -0.05) is 0 Å². The van der Waals surface area contributed by atoms with Crippen LogP contribution in [-0.2, 0) is 6.42 Å². The Kier molecular flexibility index (Phi) is 2.21. The van der Waals surface area contributed by atoms with Crippen LogP contribution in [0.5, 0.6) is 0 Å². The van der Waals surface area contributed by atoms with Gasteiger partial charge in [0, 0.05) is 10.9 Å². The molecule has 1 aliphatic carbocycles. The third-order valence-corrected chi connectivity index (χ3v) is 4.10. The van der Waals surface area contributed by atoms with Crippen LogP contribution in [0.15, 0.2) is 6.07 Å². The van der Waals surface area contributed by atoms with Crippen LogP contribution in [0.3, 0.4) is 0 Å². The summed E-state index contributed by atoms with van der Waals surface area (Å²) in [5.41, 5.74) is 7.37. The third kappa shape index (κ3) is 1.46. The van der Waals surface area contributed by atoms with Crippen LogP contribution in [0, 0.1) is 2.88 Å². The predicted molar refractivity (Wildman–Crippen MR) is 56.9 cm³/mol. The maximum Gasteiger partial charge on any atom is 0.0659 e. The molecular formula is C8H10INS. The summed E-state index contributed by atoms with van der Waals surface area (Å²) >= 11 is 4.27. The van der Waals surface area contributed by atoms with E-state index in [2.05, 4.69) is 28.7 Å². The van der Waals surface area contributed by atoms with Crippen LogP contribution in [0.1, 0.15) is 29.3 Å². The summed E-state index contributed by atoms with van der Waals surface area (Å²) in [5.74, 6) is 0. The summed E-state index contributed by atoms with van der Waals surface area (Å²) in [5, 5.41) is 0. The quantitative estimate of drug-likeness (QED) is 0.726. The Labute approximate surface area is 84.1 Å². The second-order valence-corrected chi connectivity index (χ2v) is 5.96. The van der Waals surface area contributed by atoms with E-state index in [1.165, 1.54) is 32.6 Å². The SMILES string of the molecule is NC1CCCc2sc(I)cc21. The normalized spacial score (nSPS) is 23.3. The van der Waals surface area contributed by atoms with Gasteiger partial charge in [0.1, 0.15) is 0 Å². The molecule has 60 valence electrons. The predicted octanol–water partition coefficient (Wildman–Crippen LogP) is 2.69. The van der Waals surface area contributed by atoms with Gasteiger partial charge in [-0.15, -0.1) is 11.3 Å². The first-order valence-corrected chi connectivity index (χ1v) is 5.70. The minimum Gasteiger partial charge on any atom is -0.324 e. The van der Waals surface area contributed by atoms with Gasteiger partial charge >= 0.3 is 0 Å². The topological polar surface area (TPSA) is 26.0 Å². The minimum absolute atomic E-state index is 0.318. The second-order valence-electron chi connectivity index (χ2n) is 2.93. The van der Waals surface area contributed by atoms with Gasteiger partial charge in [0.15, 0.2) is 0 Å². The third-order valence-electron chi connectivity index (χ3n) is 2.13. The Morgan fingerprint density at radius 3 is 3.18 bits per heavy atom. The molecule has 2 rings (SSSR count). The van der Waals surface area contributed by atoms with Crippen LogP contribution in [-0.4, -0.2) is 0 Å². The smallest absolute Gasteiger partial charge is 0.0659 e. The van der Waals surface area contributed by atoms with Crippen molar-refractivity contribution in [2.45, 2.75) is 25.3 Å². The minimum atomic E-state index is 0.318. The molecule has 3 heteroatoms. The number of thiophene rings is 1. The molecule has 11 heavy (non-hydrogen) atoms. The van der Waals surface area contributed by atoms with Crippen molar-refractivity contribution in [3.8, 4) is 0 Å². The van der Waals surface area contributed by atoms with Crippen LogP contribution in [0.25, 0.3) is 0 Å². The molecule has 1 heterocycles. The number of nitrogens with two attached hydrogens (primary N) is 1.